The number of hydrazine groups is 1. The summed E-state index contributed by atoms with van der Waals surface area (Å²) in [6.45, 7) is 0. The normalized spacial score (nSPS) is 10.3. The summed E-state index contributed by atoms with van der Waals surface area (Å²) >= 11 is 6.03. The minimum absolute atomic E-state index is 0.572. The van der Waals surface area contributed by atoms with Crippen LogP contribution in [-0.2, 0) is 0 Å². The van der Waals surface area contributed by atoms with Gasteiger partial charge in [0.25, 0.3) is 0 Å². The molecule has 0 fully saturated rings. The highest BCUT2D eigenvalue weighted by atomic mass is 35.5. The molecule has 0 aliphatic carbocycles. The van der Waals surface area contributed by atoms with Gasteiger partial charge in [-0.15, -0.1) is 0 Å². The smallest absolute Gasteiger partial charge is 0.145 e. The van der Waals surface area contributed by atoms with Crippen LogP contribution in [0.4, 0.5) is 5.82 Å². The zero-order valence-corrected chi connectivity index (χ0v) is 8.88. The van der Waals surface area contributed by atoms with E-state index in [4.69, 9.17) is 22.2 Å². The first kappa shape index (κ1) is 10.0. The molecular weight excluding hydrogens is 214 g/mol. The van der Waals surface area contributed by atoms with Gasteiger partial charge < -0.3 is 10.2 Å². The molecule has 1 heterocycles. The first-order valence-electron chi connectivity index (χ1n) is 4.36. The van der Waals surface area contributed by atoms with Crippen LogP contribution in [0, 0.1) is 0 Å². The summed E-state index contributed by atoms with van der Waals surface area (Å²) in [5.41, 5.74) is 3.17. The highest BCUT2D eigenvalue weighted by Gasteiger charge is 2.07. The van der Waals surface area contributed by atoms with Gasteiger partial charge in [-0.25, -0.2) is 10.8 Å². The van der Waals surface area contributed by atoms with E-state index in [1.165, 1.54) is 0 Å². The number of hydrogen-bond donors (Lipinski definition) is 2. The largest absolute Gasteiger partial charge is 0.494 e. The van der Waals surface area contributed by atoms with Crippen molar-refractivity contribution in [1.29, 1.82) is 0 Å². The number of nitrogens with two attached hydrogens (primary N) is 1. The number of methoxy groups -OCH3 is 1. The van der Waals surface area contributed by atoms with E-state index in [-0.39, 0.29) is 0 Å². The van der Waals surface area contributed by atoms with E-state index >= 15 is 0 Å². The molecule has 0 saturated heterocycles. The van der Waals surface area contributed by atoms with Crippen LogP contribution in [0.5, 0.6) is 5.75 Å². The summed E-state index contributed by atoms with van der Waals surface area (Å²) in [5, 5.41) is 1.48. The third-order valence-electron chi connectivity index (χ3n) is 2.13. The Morgan fingerprint density at radius 2 is 2.13 bits per heavy atom. The molecule has 78 valence electrons. The Bertz CT molecular complexity index is 501. The number of halogens is 1. The lowest BCUT2D eigenvalue weighted by molar-refractivity contribution is 0.419. The number of pyridine rings is 1. The summed E-state index contributed by atoms with van der Waals surface area (Å²) in [4.78, 5) is 4.28. The lowest BCUT2D eigenvalue weighted by Crippen LogP contribution is -2.08. The van der Waals surface area contributed by atoms with Crippen LogP contribution in [0.1, 0.15) is 0 Å². The molecule has 5 heteroatoms. The quantitative estimate of drug-likeness (QED) is 0.605. The Kier molecular flexibility index (Phi) is 2.62. The molecule has 0 bridgehead atoms. The Hall–Kier alpha value is -1.52. The molecule has 2 rings (SSSR count). The van der Waals surface area contributed by atoms with E-state index in [9.17, 15) is 0 Å². The van der Waals surface area contributed by atoms with Crippen LogP contribution in [-0.4, -0.2) is 12.1 Å². The van der Waals surface area contributed by atoms with Crippen LogP contribution in [0.25, 0.3) is 10.9 Å². The van der Waals surface area contributed by atoms with Crippen molar-refractivity contribution >= 4 is 28.3 Å². The van der Waals surface area contributed by atoms with Gasteiger partial charge in [0.15, 0.2) is 0 Å². The van der Waals surface area contributed by atoms with Crippen molar-refractivity contribution in [3.05, 3.63) is 29.3 Å². The van der Waals surface area contributed by atoms with Crippen LogP contribution in [0.2, 0.25) is 5.02 Å². The molecule has 0 atom stereocenters. The monoisotopic (exact) mass is 223 g/mol. The van der Waals surface area contributed by atoms with Crippen molar-refractivity contribution in [2.45, 2.75) is 0 Å². The molecule has 0 aliphatic heterocycles. The zero-order chi connectivity index (χ0) is 10.8. The second-order valence-corrected chi connectivity index (χ2v) is 3.39. The van der Waals surface area contributed by atoms with Crippen LogP contribution in [0.3, 0.4) is 0 Å². The van der Waals surface area contributed by atoms with Crippen LogP contribution < -0.4 is 16.0 Å². The first-order valence-corrected chi connectivity index (χ1v) is 4.74. The van der Waals surface area contributed by atoms with Gasteiger partial charge in [0.2, 0.25) is 0 Å². The number of hydrogen-bond acceptors (Lipinski definition) is 4. The lowest BCUT2D eigenvalue weighted by Gasteiger charge is -2.07. The summed E-state index contributed by atoms with van der Waals surface area (Å²) in [5.74, 6) is 6.53. The van der Waals surface area contributed by atoms with Crippen molar-refractivity contribution in [2.24, 2.45) is 5.84 Å². The molecule has 0 aliphatic rings. The Balaban J connectivity index is 2.77. The van der Waals surface area contributed by atoms with Crippen molar-refractivity contribution in [3.8, 4) is 5.75 Å². The maximum absolute atomic E-state index is 6.03. The number of fused-ring (bicyclic) bond motifs is 1. The van der Waals surface area contributed by atoms with E-state index in [2.05, 4.69) is 10.4 Å². The number of anilines is 1. The van der Waals surface area contributed by atoms with Gasteiger partial charge in [-0.2, -0.15) is 0 Å². The Labute approximate surface area is 92.0 Å². The third-order valence-corrected chi connectivity index (χ3v) is 2.46. The van der Waals surface area contributed by atoms with Gasteiger partial charge in [0, 0.05) is 5.39 Å². The fourth-order valence-electron chi connectivity index (χ4n) is 1.40. The molecule has 0 amide bonds. The van der Waals surface area contributed by atoms with Crippen molar-refractivity contribution < 1.29 is 4.74 Å². The van der Waals surface area contributed by atoms with Gasteiger partial charge in [-0.1, -0.05) is 11.6 Å². The van der Waals surface area contributed by atoms with Gasteiger partial charge in [-0.05, 0) is 24.3 Å². The summed E-state index contributed by atoms with van der Waals surface area (Å²) in [6.07, 6.45) is 0. The summed E-state index contributed by atoms with van der Waals surface area (Å²) in [6, 6.07) is 7.16. The van der Waals surface area contributed by atoms with Gasteiger partial charge in [-0.3, -0.25) is 0 Å². The molecule has 0 spiro atoms. The number of aromatic nitrogens is 1. The Morgan fingerprint density at radius 3 is 2.80 bits per heavy atom. The second-order valence-electron chi connectivity index (χ2n) is 2.99. The summed E-state index contributed by atoms with van der Waals surface area (Å²) < 4.78 is 5.19. The topological polar surface area (TPSA) is 60.2 Å². The van der Waals surface area contributed by atoms with E-state index in [0.717, 1.165) is 5.39 Å². The fraction of sp³-hybridized carbons (Fsp3) is 0.100. The highest BCUT2D eigenvalue weighted by molar-refractivity contribution is 6.35. The minimum Gasteiger partial charge on any atom is -0.494 e. The van der Waals surface area contributed by atoms with Gasteiger partial charge in [0.1, 0.15) is 17.1 Å². The van der Waals surface area contributed by atoms with E-state index < -0.39 is 0 Å². The SMILES string of the molecule is COc1ccc(Cl)c2ccc(NN)nc12. The third kappa shape index (κ3) is 1.69. The van der Waals surface area contributed by atoms with Gasteiger partial charge in [0.05, 0.1) is 12.1 Å². The molecule has 0 saturated carbocycles. The van der Waals surface area contributed by atoms with Crippen molar-refractivity contribution in [1.82, 2.24) is 4.98 Å². The molecule has 15 heavy (non-hydrogen) atoms. The molecular formula is C10H10ClN3O. The molecule has 1 aromatic heterocycles. The fourth-order valence-corrected chi connectivity index (χ4v) is 1.62. The number of nitrogen functional groups attached to an aromatic ring is 1. The molecule has 1 aromatic carbocycles. The van der Waals surface area contributed by atoms with E-state index in [1.807, 2.05) is 6.07 Å². The second kappa shape index (κ2) is 3.92. The maximum atomic E-state index is 6.03. The Morgan fingerprint density at radius 1 is 1.33 bits per heavy atom. The van der Waals surface area contributed by atoms with Crippen molar-refractivity contribution in [3.63, 3.8) is 0 Å². The number of nitrogens with zero attached hydrogens (tertiary/aromatic N) is 1. The standard InChI is InChI=1S/C10H10ClN3O/c1-15-8-4-3-7(11)6-2-5-9(14-12)13-10(6)8/h2-5H,12H2,1H3,(H,13,14). The maximum Gasteiger partial charge on any atom is 0.145 e. The number of ether oxygens (including phenoxy) is 1. The molecule has 0 radical (unpaired) electrons. The number of benzene rings is 1. The van der Waals surface area contributed by atoms with E-state index in [1.54, 1.807) is 25.3 Å². The predicted octanol–water partition coefficient (Wildman–Crippen LogP) is 2.18. The first-order chi connectivity index (χ1) is 7.26. The minimum atomic E-state index is 0.572. The zero-order valence-electron chi connectivity index (χ0n) is 8.12. The van der Waals surface area contributed by atoms with E-state index in [0.29, 0.717) is 22.1 Å². The van der Waals surface area contributed by atoms with Crippen molar-refractivity contribution in [2.75, 3.05) is 12.5 Å². The van der Waals surface area contributed by atoms with Crippen LogP contribution >= 0.6 is 11.6 Å². The van der Waals surface area contributed by atoms with Gasteiger partial charge >= 0.3 is 0 Å². The highest BCUT2D eigenvalue weighted by Crippen LogP contribution is 2.30. The lowest BCUT2D eigenvalue weighted by atomic mass is 10.2. The average molecular weight is 224 g/mol. The molecule has 4 nitrogen and oxygen atoms in total. The molecule has 0 unspecified atom stereocenters. The average Bonchev–Trinajstić information content (AvgIpc) is 2.29. The molecule has 3 N–H and O–H groups in total. The number of rotatable bonds is 2. The predicted molar refractivity (Wildman–Crippen MR) is 61.1 cm³/mol. The van der Waals surface area contributed by atoms with Crippen LogP contribution in [0.15, 0.2) is 24.3 Å². The molecule has 2 aromatic rings. The summed E-state index contributed by atoms with van der Waals surface area (Å²) in [7, 11) is 1.59. The number of nitrogens with one attached hydrogen (secondary N) is 1.